The van der Waals surface area contributed by atoms with Crippen LogP contribution in [0.2, 0.25) is 0 Å². The van der Waals surface area contributed by atoms with Crippen molar-refractivity contribution in [2.75, 3.05) is 20.1 Å². The van der Waals surface area contributed by atoms with Crippen molar-refractivity contribution < 1.29 is 4.79 Å². The van der Waals surface area contributed by atoms with Gasteiger partial charge < -0.3 is 10.2 Å². The summed E-state index contributed by atoms with van der Waals surface area (Å²) in [5.74, 6) is 0.418. The Labute approximate surface area is 108 Å². The maximum atomic E-state index is 12.3. The van der Waals surface area contributed by atoms with E-state index in [4.69, 9.17) is 0 Å². The first kappa shape index (κ1) is 13.1. The van der Waals surface area contributed by atoms with Crippen molar-refractivity contribution in [1.82, 2.24) is 20.4 Å². The van der Waals surface area contributed by atoms with E-state index in [2.05, 4.69) is 29.4 Å². The van der Waals surface area contributed by atoms with Crippen LogP contribution in [-0.4, -0.2) is 47.2 Å². The standard InChI is InChI=1S/C13H22N4O/c1-9(2)11-8-12(16-15-11)13(18)17-6-4-10(14-3)5-7-17/h8-10,14H,4-7H2,1-3H3,(H,15,16). The van der Waals surface area contributed by atoms with Gasteiger partial charge >= 0.3 is 0 Å². The highest BCUT2D eigenvalue weighted by Gasteiger charge is 2.24. The average molecular weight is 250 g/mol. The molecule has 0 atom stereocenters. The highest BCUT2D eigenvalue weighted by molar-refractivity contribution is 5.92. The molecule has 1 aliphatic heterocycles. The van der Waals surface area contributed by atoms with Gasteiger partial charge in [0, 0.05) is 24.8 Å². The number of piperidine rings is 1. The lowest BCUT2D eigenvalue weighted by atomic mass is 10.0. The highest BCUT2D eigenvalue weighted by Crippen LogP contribution is 2.16. The number of nitrogens with zero attached hydrogens (tertiary/aromatic N) is 2. The van der Waals surface area contributed by atoms with Gasteiger partial charge in [0.15, 0.2) is 0 Å². The second kappa shape index (κ2) is 5.52. The fraction of sp³-hybridized carbons (Fsp3) is 0.692. The molecule has 5 nitrogen and oxygen atoms in total. The lowest BCUT2D eigenvalue weighted by molar-refractivity contribution is 0.0701. The Kier molecular flexibility index (Phi) is 4.01. The number of carbonyl (C=O) groups is 1. The minimum Gasteiger partial charge on any atom is -0.337 e. The molecule has 1 amide bonds. The van der Waals surface area contributed by atoms with Crippen LogP contribution in [0.25, 0.3) is 0 Å². The van der Waals surface area contributed by atoms with E-state index >= 15 is 0 Å². The summed E-state index contributed by atoms with van der Waals surface area (Å²) in [5.41, 5.74) is 1.56. The number of amides is 1. The van der Waals surface area contributed by atoms with Gasteiger partial charge in [-0.2, -0.15) is 5.10 Å². The van der Waals surface area contributed by atoms with Gasteiger partial charge in [0.25, 0.3) is 5.91 Å². The molecule has 1 saturated heterocycles. The molecule has 18 heavy (non-hydrogen) atoms. The zero-order valence-electron chi connectivity index (χ0n) is 11.4. The van der Waals surface area contributed by atoms with Crippen LogP contribution in [0.3, 0.4) is 0 Å². The second-order valence-electron chi connectivity index (χ2n) is 5.22. The second-order valence-corrected chi connectivity index (χ2v) is 5.22. The van der Waals surface area contributed by atoms with Crippen LogP contribution in [-0.2, 0) is 0 Å². The Morgan fingerprint density at radius 2 is 2.17 bits per heavy atom. The van der Waals surface area contributed by atoms with Gasteiger partial charge in [-0.15, -0.1) is 0 Å². The summed E-state index contributed by atoms with van der Waals surface area (Å²) in [7, 11) is 1.98. The molecule has 1 fully saturated rings. The molecule has 100 valence electrons. The molecule has 2 N–H and O–H groups in total. The van der Waals surface area contributed by atoms with Gasteiger partial charge in [0.2, 0.25) is 0 Å². The highest BCUT2D eigenvalue weighted by atomic mass is 16.2. The van der Waals surface area contributed by atoms with Crippen LogP contribution >= 0.6 is 0 Å². The minimum absolute atomic E-state index is 0.0488. The Morgan fingerprint density at radius 1 is 1.50 bits per heavy atom. The van der Waals surface area contributed by atoms with E-state index < -0.39 is 0 Å². The lowest BCUT2D eigenvalue weighted by Gasteiger charge is -2.31. The molecule has 1 aromatic rings. The molecule has 0 saturated carbocycles. The zero-order valence-corrected chi connectivity index (χ0v) is 11.4. The molecule has 5 heteroatoms. The number of nitrogens with one attached hydrogen (secondary N) is 2. The smallest absolute Gasteiger partial charge is 0.274 e. The normalized spacial score (nSPS) is 17.4. The van der Waals surface area contributed by atoms with Crippen LogP contribution in [0.4, 0.5) is 0 Å². The predicted molar refractivity (Wildman–Crippen MR) is 70.7 cm³/mol. The quantitative estimate of drug-likeness (QED) is 0.851. The molecule has 0 aromatic carbocycles. The number of carbonyl (C=O) groups excluding carboxylic acids is 1. The third kappa shape index (κ3) is 2.72. The first-order valence-corrected chi connectivity index (χ1v) is 6.63. The van der Waals surface area contributed by atoms with E-state index in [0.717, 1.165) is 31.6 Å². The van der Waals surface area contributed by atoms with Crippen LogP contribution in [0.5, 0.6) is 0 Å². The molecule has 0 radical (unpaired) electrons. The lowest BCUT2D eigenvalue weighted by Crippen LogP contribution is -2.44. The molecule has 0 aliphatic carbocycles. The molecule has 2 heterocycles. The minimum atomic E-state index is 0.0488. The van der Waals surface area contributed by atoms with Gasteiger partial charge in [0.1, 0.15) is 5.69 Å². The van der Waals surface area contributed by atoms with Crippen molar-refractivity contribution in [1.29, 1.82) is 0 Å². The van der Waals surface area contributed by atoms with E-state index in [1.54, 1.807) is 0 Å². The summed E-state index contributed by atoms with van der Waals surface area (Å²) in [6.07, 6.45) is 2.04. The number of aromatic amines is 1. The summed E-state index contributed by atoms with van der Waals surface area (Å²) in [4.78, 5) is 14.2. The van der Waals surface area contributed by atoms with Crippen LogP contribution < -0.4 is 5.32 Å². The SMILES string of the molecule is CNC1CCN(C(=O)c2cc(C(C)C)[nH]n2)CC1. The van der Waals surface area contributed by atoms with Gasteiger partial charge in [-0.05, 0) is 31.9 Å². The number of hydrogen-bond donors (Lipinski definition) is 2. The number of rotatable bonds is 3. The van der Waals surface area contributed by atoms with Crippen LogP contribution in [0.15, 0.2) is 6.07 Å². The number of H-pyrrole nitrogens is 1. The first-order valence-electron chi connectivity index (χ1n) is 6.63. The van der Waals surface area contributed by atoms with Crippen molar-refractivity contribution in [2.24, 2.45) is 0 Å². The van der Waals surface area contributed by atoms with Crippen molar-refractivity contribution in [2.45, 2.75) is 38.6 Å². The van der Waals surface area contributed by atoms with E-state index in [1.807, 2.05) is 18.0 Å². The van der Waals surface area contributed by atoms with Crippen molar-refractivity contribution in [3.63, 3.8) is 0 Å². The Hall–Kier alpha value is -1.36. The number of aromatic nitrogens is 2. The topological polar surface area (TPSA) is 61.0 Å². The molecule has 1 aromatic heterocycles. The monoisotopic (exact) mass is 250 g/mol. The molecule has 1 aliphatic rings. The number of likely N-dealkylation sites (tertiary alicyclic amines) is 1. The third-order valence-corrected chi connectivity index (χ3v) is 3.63. The summed E-state index contributed by atoms with van der Waals surface area (Å²) in [6.45, 7) is 5.79. The van der Waals surface area contributed by atoms with Crippen molar-refractivity contribution >= 4 is 5.91 Å². The van der Waals surface area contributed by atoms with Gasteiger partial charge in [0.05, 0.1) is 0 Å². The van der Waals surface area contributed by atoms with E-state index in [9.17, 15) is 4.79 Å². The Balaban J connectivity index is 1.98. The van der Waals surface area contributed by atoms with Gasteiger partial charge in [-0.25, -0.2) is 0 Å². The largest absolute Gasteiger partial charge is 0.337 e. The molecule has 0 bridgehead atoms. The fourth-order valence-corrected chi connectivity index (χ4v) is 2.28. The summed E-state index contributed by atoms with van der Waals surface area (Å²) < 4.78 is 0. The third-order valence-electron chi connectivity index (χ3n) is 3.63. The summed E-state index contributed by atoms with van der Waals surface area (Å²) in [6, 6.07) is 2.41. The molecule has 2 rings (SSSR count). The molecular weight excluding hydrogens is 228 g/mol. The average Bonchev–Trinajstić information content (AvgIpc) is 2.88. The Morgan fingerprint density at radius 3 is 2.67 bits per heavy atom. The zero-order chi connectivity index (χ0) is 13.1. The van der Waals surface area contributed by atoms with Gasteiger partial charge in [-0.3, -0.25) is 9.89 Å². The first-order chi connectivity index (χ1) is 8.61. The summed E-state index contributed by atoms with van der Waals surface area (Å²) in [5, 5.41) is 10.3. The predicted octanol–water partition coefficient (Wildman–Crippen LogP) is 1.36. The number of hydrogen-bond acceptors (Lipinski definition) is 3. The fourth-order valence-electron chi connectivity index (χ4n) is 2.28. The Bertz CT molecular complexity index is 405. The van der Waals surface area contributed by atoms with Crippen LogP contribution in [0, 0.1) is 0 Å². The van der Waals surface area contributed by atoms with Gasteiger partial charge in [-0.1, -0.05) is 13.8 Å². The van der Waals surface area contributed by atoms with E-state index in [0.29, 0.717) is 17.7 Å². The van der Waals surface area contributed by atoms with Crippen molar-refractivity contribution in [3.05, 3.63) is 17.5 Å². The van der Waals surface area contributed by atoms with Crippen molar-refractivity contribution in [3.8, 4) is 0 Å². The summed E-state index contributed by atoms with van der Waals surface area (Å²) >= 11 is 0. The van der Waals surface area contributed by atoms with E-state index in [1.165, 1.54) is 0 Å². The molecule has 0 spiro atoms. The van der Waals surface area contributed by atoms with Crippen LogP contribution in [0.1, 0.15) is 48.8 Å². The van der Waals surface area contributed by atoms with E-state index in [-0.39, 0.29) is 5.91 Å². The maximum absolute atomic E-state index is 12.3. The maximum Gasteiger partial charge on any atom is 0.274 e. The molecule has 0 unspecified atom stereocenters. The molecular formula is C13H22N4O.